The van der Waals surface area contributed by atoms with Crippen LogP contribution in [0.4, 0.5) is 14.5 Å². The number of halogens is 2. The first-order chi connectivity index (χ1) is 9.54. The largest absolute Gasteiger partial charge is 0.272 e. The monoisotopic (exact) mass is 277 g/mol. The van der Waals surface area contributed by atoms with Crippen LogP contribution in [-0.4, -0.2) is 15.2 Å². The number of rotatable bonds is 2. The van der Waals surface area contributed by atoms with Crippen molar-refractivity contribution in [1.82, 2.24) is 10.3 Å². The Balaban J connectivity index is 2.33. The van der Waals surface area contributed by atoms with Crippen LogP contribution in [0.1, 0.15) is 0 Å². The summed E-state index contributed by atoms with van der Waals surface area (Å²) >= 11 is 0. The molecule has 1 aromatic heterocycles. The third kappa shape index (κ3) is 1.96. The number of hydrogen-bond donors (Lipinski definition) is 0. The van der Waals surface area contributed by atoms with Crippen molar-refractivity contribution in [2.75, 3.05) is 0 Å². The summed E-state index contributed by atoms with van der Waals surface area (Å²) < 4.78 is 31.0. The van der Waals surface area contributed by atoms with Crippen LogP contribution in [0.25, 0.3) is 22.2 Å². The SMILES string of the molecule is O=[N+]([O-])c1cc(-c2cc(F)cc(F)c2)c2nonc2c1. The van der Waals surface area contributed by atoms with Gasteiger partial charge in [-0.05, 0) is 28.0 Å². The maximum absolute atomic E-state index is 13.3. The quantitative estimate of drug-likeness (QED) is 0.531. The lowest BCUT2D eigenvalue weighted by Crippen LogP contribution is -1.91. The molecule has 0 saturated carbocycles. The van der Waals surface area contributed by atoms with E-state index >= 15 is 0 Å². The van der Waals surface area contributed by atoms with E-state index in [1.807, 2.05) is 0 Å². The molecule has 0 atom stereocenters. The molecule has 0 spiro atoms. The zero-order valence-corrected chi connectivity index (χ0v) is 9.71. The van der Waals surface area contributed by atoms with Crippen molar-refractivity contribution < 1.29 is 18.3 Å². The minimum Gasteiger partial charge on any atom is -0.258 e. The maximum atomic E-state index is 13.3. The van der Waals surface area contributed by atoms with Gasteiger partial charge in [0.25, 0.3) is 5.69 Å². The Morgan fingerprint density at radius 2 is 1.75 bits per heavy atom. The lowest BCUT2D eigenvalue weighted by Gasteiger charge is -2.03. The van der Waals surface area contributed by atoms with Gasteiger partial charge in [-0.2, -0.15) is 0 Å². The van der Waals surface area contributed by atoms with Crippen molar-refractivity contribution >= 4 is 16.7 Å². The lowest BCUT2D eigenvalue weighted by atomic mass is 10.0. The molecule has 0 aliphatic heterocycles. The number of aromatic nitrogens is 2. The van der Waals surface area contributed by atoms with Gasteiger partial charge < -0.3 is 0 Å². The summed E-state index contributed by atoms with van der Waals surface area (Å²) in [5.41, 5.74) is 0.355. The number of nitro benzene ring substituents is 1. The van der Waals surface area contributed by atoms with E-state index in [0.29, 0.717) is 6.07 Å². The maximum Gasteiger partial charge on any atom is 0.272 e. The van der Waals surface area contributed by atoms with Crippen molar-refractivity contribution in [3.05, 3.63) is 52.1 Å². The molecule has 0 radical (unpaired) electrons. The van der Waals surface area contributed by atoms with Crippen LogP contribution in [0.3, 0.4) is 0 Å². The molecule has 0 N–H and O–H groups in total. The molecular formula is C12H5F2N3O3. The fourth-order valence-corrected chi connectivity index (χ4v) is 1.91. The summed E-state index contributed by atoms with van der Waals surface area (Å²) in [6.07, 6.45) is 0. The Morgan fingerprint density at radius 3 is 2.40 bits per heavy atom. The van der Waals surface area contributed by atoms with Gasteiger partial charge >= 0.3 is 0 Å². The Hall–Kier alpha value is -2.90. The van der Waals surface area contributed by atoms with E-state index in [9.17, 15) is 18.9 Å². The van der Waals surface area contributed by atoms with E-state index in [-0.39, 0.29) is 27.8 Å². The summed E-state index contributed by atoms with van der Waals surface area (Å²) in [6, 6.07) is 5.15. The highest BCUT2D eigenvalue weighted by molar-refractivity contribution is 5.93. The Labute approximate surface area is 109 Å². The fourth-order valence-electron chi connectivity index (χ4n) is 1.91. The Morgan fingerprint density at radius 1 is 1.05 bits per heavy atom. The number of nitro groups is 1. The molecule has 0 unspecified atom stereocenters. The molecule has 20 heavy (non-hydrogen) atoms. The molecule has 0 aliphatic rings. The van der Waals surface area contributed by atoms with Crippen molar-refractivity contribution in [2.24, 2.45) is 0 Å². The molecule has 0 fully saturated rings. The van der Waals surface area contributed by atoms with Gasteiger partial charge in [-0.1, -0.05) is 0 Å². The summed E-state index contributed by atoms with van der Waals surface area (Å²) in [5, 5.41) is 18.0. The van der Waals surface area contributed by atoms with Crippen molar-refractivity contribution in [1.29, 1.82) is 0 Å². The first kappa shape index (κ1) is 12.2. The lowest BCUT2D eigenvalue weighted by molar-refractivity contribution is -0.384. The van der Waals surface area contributed by atoms with E-state index in [0.717, 1.165) is 12.1 Å². The van der Waals surface area contributed by atoms with Gasteiger partial charge in [-0.25, -0.2) is 13.4 Å². The van der Waals surface area contributed by atoms with Gasteiger partial charge in [-0.15, -0.1) is 0 Å². The highest BCUT2D eigenvalue weighted by Crippen LogP contribution is 2.31. The molecule has 6 nitrogen and oxygen atoms in total. The van der Waals surface area contributed by atoms with Crippen LogP contribution >= 0.6 is 0 Å². The molecule has 100 valence electrons. The van der Waals surface area contributed by atoms with Crippen LogP contribution in [0.2, 0.25) is 0 Å². The third-order valence-electron chi connectivity index (χ3n) is 2.73. The van der Waals surface area contributed by atoms with E-state index in [4.69, 9.17) is 0 Å². The molecule has 0 saturated heterocycles. The average molecular weight is 277 g/mol. The van der Waals surface area contributed by atoms with Crippen LogP contribution in [0.5, 0.6) is 0 Å². The first-order valence-corrected chi connectivity index (χ1v) is 5.42. The standard InChI is InChI=1S/C12H5F2N3O3/c13-7-1-6(2-8(14)3-7)10-4-9(17(18)19)5-11-12(10)16-20-15-11/h1-5H. The molecule has 1 heterocycles. The second kappa shape index (κ2) is 4.34. The Bertz CT molecular complexity index is 812. The summed E-state index contributed by atoms with van der Waals surface area (Å²) in [4.78, 5) is 10.2. The van der Waals surface area contributed by atoms with E-state index in [1.54, 1.807) is 0 Å². The molecule has 0 bridgehead atoms. The number of benzene rings is 2. The first-order valence-electron chi connectivity index (χ1n) is 5.42. The van der Waals surface area contributed by atoms with E-state index in [2.05, 4.69) is 14.9 Å². The minimum absolute atomic E-state index is 0.118. The van der Waals surface area contributed by atoms with Crippen LogP contribution in [0.15, 0.2) is 35.0 Å². The second-order valence-corrected chi connectivity index (χ2v) is 4.04. The third-order valence-corrected chi connectivity index (χ3v) is 2.73. The molecular weight excluding hydrogens is 272 g/mol. The number of fused-ring (bicyclic) bond motifs is 1. The molecule has 3 rings (SSSR count). The van der Waals surface area contributed by atoms with Gasteiger partial charge in [0, 0.05) is 23.8 Å². The molecule has 2 aromatic carbocycles. The van der Waals surface area contributed by atoms with Crippen LogP contribution < -0.4 is 0 Å². The highest BCUT2D eigenvalue weighted by Gasteiger charge is 2.17. The minimum atomic E-state index is -0.795. The average Bonchev–Trinajstić information content (AvgIpc) is 2.84. The Kier molecular flexibility index (Phi) is 2.63. The van der Waals surface area contributed by atoms with Crippen LogP contribution in [-0.2, 0) is 0 Å². The highest BCUT2D eigenvalue weighted by atomic mass is 19.1. The topological polar surface area (TPSA) is 82.1 Å². The molecule has 8 heteroatoms. The predicted molar refractivity (Wildman–Crippen MR) is 63.8 cm³/mol. The normalized spacial score (nSPS) is 10.9. The van der Waals surface area contributed by atoms with Gasteiger partial charge in [0.05, 0.1) is 4.92 Å². The zero-order chi connectivity index (χ0) is 14.3. The second-order valence-electron chi connectivity index (χ2n) is 4.04. The van der Waals surface area contributed by atoms with Crippen LogP contribution in [0, 0.1) is 21.7 Å². The molecule has 0 aliphatic carbocycles. The van der Waals surface area contributed by atoms with Gasteiger partial charge in [0.1, 0.15) is 22.7 Å². The summed E-state index contributed by atoms with van der Waals surface area (Å²) in [7, 11) is 0. The van der Waals surface area contributed by atoms with Gasteiger partial charge in [-0.3, -0.25) is 10.1 Å². The van der Waals surface area contributed by atoms with E-state index < -0.39 is 16.6 Å². The zero-order valence-electron chi connectivity index (χ0n) is 9.71. The number of nitrogens with zero attached hydrogens (tertiary/aromatic N) is 3. The molecule has 3 aromatic rings. The van der Waals surface area contributed by atoms with Crippen molar-refractivity contribution in [3.8, 4) is 11.1 Å². The van der Waals surface area contributed by atoms with E-state index in [1.165, 1.54) is 12.1 Å². The van der Waals surface area contributed by atoms with Gasteiger partial charge in [0.2, 0.25) is 0 Å². The van der Waals surface area contributed by atoms with Gasteiger partial charge in [0.15, 0.2) is 0 Å². The summed E-state index contributed by atoms with van der Waals surface area (Å²) in [6.45, 7) is 0. The predicted octanol–water partition coefficient (Wildman–Crippen LogP) is 3.08. The number of hydrogen-bond acceptors (Lipinski definition) is 5. The van der Waals surface area contributed by atoms with Crippen molar-refractivity contribution in [2.45, 2.75) is 0 Å². The summed E-state index contributed by atoms with van der Waals surface area (Å²) in [5.74, 6) is -1.59. The fraction of sp³-hybridized carbons (Fsp3) is 0. The smallest absolute Gasteiger partial charge is 0.258 e. The number of non-ortho nitro benzene ring substituents is 1. The molecule has 0 amide bonds. The van der Waals surface area contributed by atoms with Crippen molar-refractivity contribution in [3.63, 3.8) is 0 Å².